The van der Waals surface area contributed by atoms with Gasteiger partial charge in [-0.25, -0.2) is 4.79 Å². The maximum absolute atomic E-state index is 12.6. The second-order valence-corrected chi connectivity index (χ2v) is 5.96. The highest BCUT2D eigenvalue weighted by molar-refractivity contribution is 6.19. The normalized spacial score (nSPS) is 11.3. The Morgan fingerprint density at radius 2 is 1.60 bits per heavy atom. The van der Waals surface area contributed by atoms with E-state index >= 15 is 0 Å². The van der Waals surface area contributed by atoms with E-state index in [1.54, 1.807) is 6.07 Å². The molecule has 0 aliphatic rings. The van der Waals surface area contributed by atoms with Crippen LogP contribution in [0.25, 0.3) is 27.2 Å². The Balaban J connectivity index is 2.34. The third kappa shape index (κ3) is 2.14. The zero-order chi connectivity index (χ0) is 17.6. The number of Topliss-reactive ketones (excluding diaryl/α,β-unsaturated/α-hetero) is 1. The van der Waals surface area contributed by atoms with Gasteiger partial charge in [0.2, 0.25) is 0 Å². The first kappa shape index (κ1) is 15.4. The lowest BCUT2D eigenvalue weighted by Crippen LogP contribution is -2.03. The summed E-state index contributed by atoms with van der Waals surface area (Å²) in [5.41, 5.74) is 2.56. The van der Waals surface area contributed by atoms with Gasteiger partial charge in [-0.15, -0.1) is 0 Å². The Kier molecular flexibility index (Phi) is 3.53. The van der Waals surface area contributed by atoms with E-state index in [9.17, 15) is 9.59 Å². The number of esters is 1. The number of ether oxygens (including phenoxy) is 1. The van der Waals surface area contributed by atoms with Crippen LogP contribution in [0.5, 0.6) is 0 Å². The van der Waals surface area contributed by atoms with Crippen molar-refractivity contribution in [2.75, 3.05) is 7.11 Å². The summed E-state index contributed by atoms with van der Waals surface area (Å²) in [4.78, 5) is 24.9. The summed E-state index contributed by atoms with van der Waals surface area (Å²) in [7, 11) is 1.36. The molecule has 0 unspecified atom stereocenters. The van der Waals surface area contributed by atoms with E-state index in [4.69, 9.17) is 4.74 Å². The van der Waals surface area contributed by atoms with E-state index in [0.717, 1.165) is 27.2 Å². The zero-order valence-corrected chi connectivity index (χ0v) is 14.1. The molecule has 0 atom stereocenters. The van der Waals surface area contributed by atoms with Crippen LogP contribution >= 0.6 is 0 Å². The lowest BCUT2D eigenvalue weighted by Gasteiger charge is -2.11. The molecule has 124 valence electrons. The van der Waals surface area contributed by atoms with Crippen molar-refractivity contribution in [2.24, 2.45) is 0 Å². The molecule has 0 aliphatic carbocycles. The van der Waals surface area contributed by atoms with Crippen molar-refractivity contribution in [2.45, 2.75) is 13.3 Å². The van der Waals surface area contributed by atoms with Gasteiger partial charge in [0, 0.05) is 17.2 Å². The summed E-state index contributed by atoms with van der Waals surface area (Å²) in [5.74, 6) is -0.446. The van der Waals surface area contributed by atoms with Crippen LogP contribution < -0.4 is 0 Å². The largest absolute Gasteiger partial charge is 0.465 e. The minimum Gasteiger partial charge on any atom is -0.465 e. The standard InChI is InChI=1S/C21H17NO3/c1-3-19(23)18-12-16(21(24)25-2)20-15-10-5-4-8-13(15)14-9-6-7-11-17(14)22(18)20/h4-12H,3H2,1-2H3. The number of hydrogen-bond donors (Lipinski definition) is 0. The van der Waals surface area contributed by atoms with Crippen molar-refractivity contribution in [1.82, 2.24) is 4.40 Å². The number of rotatable bonds is 3. The smallest absolute Gasteiger partial charge is 0.340 e. The van der Waals surface area contributed by atoms with E-state index in [-0.39, 0.29) is 5.78 Å². The highest BCUT2D eigenvalue weighted by Crippen LogP contribution is 2.34. The second kappa shape index (κ2) is 5.74. The number of ketones is 1. The molecular weight excluding hydrogens is 314 g/mol. The number of nitrogens with zero attached hydrogens (tertiary/aromatic N) is 1. The third-order valence-corrected chi connectivity index (χ3v) is 4.63. The van der Waals surface area contributed by atoms with Gasteiger partial charge in [0.1, 0.15) is 0 Å². The lowest BCUT2D eigenvalue weighted by molar-refractivity contribution is 0.0603. The van der Waals surface area contributed by atoms with Crippen molar-refractivity contribution < 1.29 is 14.3 Å². The summed E-state index contributed by atoms with van der Waals surface area (Å²) < 4.78 is 6.87. The molecule has 0 saturated heterocycles. The molecular formula is C21H17NO3. The third-order valence-electron chi connectivity index (χ3n) is 4.63. The summed E-state index contributed by atoms with van der Waals surface area (Å²) in [6.07, 6.45) is 0.369. The van der Waals surface area contributed by atoms with E-state index in [2.05, 4.69) is 0 Å². The Morgan fingerprint density at radius 3 is 2.28 bits per heavy atom. The van der Waals surface area contributed by atoms with Gasteiger partial charge >= 0.3 is 5.97 Å². The highest BCUT2D eigenvalue weighted by atomic mass is 16.5. The Hall–Kier alpha value is -3.14. The number of fused-ring (bicyclic) bond motifs is 6. The Bertz CT molecular complexity index is 1060. The summed E-state index contributed by atoms with van der Waals surface area (Å²) in [5, 5.41) is 3.02. The number of aromatic nitrogens is 1. The molecule has 0 bridgehead atoms. The van der Waals surface area contributed by atoms with E-state index < -0.39 is 5.97 Å². The topological polar surface area (TPSA) is 47.8 Å². The van der Waals surface area contributed by atoms with Gasteiger partial charge < -0.3 is 9.14 Å². The minimum absolute atomic E-state index is 0.00872. The van der Waals surface area contributed by atoms with Gasteiger partial charge in [-0.3, -0.25) is 4.79 Å². The molecule has 0 saturated carbocycles. The first-order chi connectivity index (χ1) is 12.2. The van der Waals surface area contributed by atoms with Crippen LogP contribution in [0, 0.1) is 0 Å². The van der Waals surface area contributed by atoms with Crippen molar-refractivity contribution in [1.29, 1.82) is 0 Å². The first-order valence-corrected chi connectivity index (χ1v) is 8.23. The summed E-state index contributed by atoms with van der Waals surface area (Å²) >= 11 is 0. The minimum atomic E-state index is -0.437. The number of para-hydroxylation sites is 1. The predicted octanol–water partition coefficient (Wildman–Crippen LogP) is 4.63. The summed E-state index contributed by atoms with van der Waals surface area (Å²) in [6, 6.07) is 17.5. The van der Waals surface area contributed by atoms with Gasteiger partial charge in [0.15, 0.2) is 5.78 Å². The maximum Gasteiger partial charge on any atom is 0.340 e. The number of benzene rings is 2. The number of carbonyl (C=O) groups is 2. The SMILES string of the molecule is CCC(=O)c1cc(C(=O)OC)c2c3ccccc3c3ccccc3n12. The van der Waals surface area contributed by atoms with Gasteiger partial charge in [0.05, 0.1) is 29.4 Å². The molecule has 0 aliphatic heterocycles. The molecule has 4 nitrogen and oxygen atoms in total. The van der Waals surface area contributed by atoms with Crippen LogP contribution in [0.2, 0.25) is 0 Å². The zero-order valence-electron chi connectivity index (χ0n) is 14.1. The van der Waals surface area contributed by atoms with Gasteiger partial charge in [-0.2, -0.15) is 0 Å². The van der Waals surface area contributed by atoms with Crippen molar-refractivity contribution in [3.8, 4) is 0 Å². The molecule has 25 heavy (non-hydrogen) atoms. The summed E-state index contributed by atoms with van der Waals surface area (Å²) in [6.45, 7) is 1.82. The van der Waals surface area contributed by atoms with E-state index in [1.807, 2.05) is 59.9 Å². The van der Waals surface area contributed by atoms with Gasteiger partial charge in [-0.1, -0.05) is 49.4 Å². The maximum atomic E-state index is 12.6. The fourth-order valence-corrected chi connectivity index (χ4v) is 3.50. The molecule has 0 amide bonds. The fourth-order valence-electron chi connectivity index (χ4n) is 3.50. The lowest BCUT2D eigenvalue weighted by atomic mass is 10.0. The van der Waals surface area contributed by atoms with Crippen LogP contribution in [0.3, 0.4) is 0 Å². The van der Waals surface area contributed by atoms with Gasteiger partial charge in [0.25, 0.3) is 0 Å². The monoisotopic (exact) mass is 331 g/mol. The molecule has 4 aromatic rings. The molecule has 4 heteroatoms. The quantitative estimate of drug-likeness (QED) is 0.312. The molecule has 2 heterocycles. The highest BCUT2D eigenvalue weighted by Gasteiger charge is 2.23. The molecule has 2 aromatic carbocycles. The second-order valence-electron chi connectivity index (χ2n) is 5.96. The molecule has 0 radical (unpaired) electrons. The van der Waals surface area contributed by atoms with Crippen LogP contribution in [-0.4, -0.2) is 23.3 Å². The van der Waals surface area contributed by atoms with Crippen LogP contribution in [0.1, 0.15) is 34.2 Å². The predicted molar refractivity (Wildman–Crippen MR) is 98.4 cm³/mol. The molecule has 0 spiro atoms. The first-order valence-electron chi connectivity index (χ1n) is 8.23. The average molecular weight is 331 g/mol. The number of hydrogen-bond acceptors (Lipinski definition) is 3. The Labute approximate surface area is 144 Å². The van der Waals surface area contributed by atoms with Crippen LogP contribution in [0.4, 0.5) is 0 Å². The van der Waals surface area contributed by atoms with Crippen LogP contribution in [0.15, 0.2) is 54.6 Å². The molecule has 0 fully saturated rings. The molecule has 2 aromatic heterocycles. The number of carbonyl (C=O) groups excluding carboxylic acids is 2. The number of methoxy groups -OCH3 is 1. The Morgan fingerprint density at radius 1 is 0.960 bits per heavy atom. The van der Waals surface area contributed by atoms with Crippen LogP contribution in [-0.2, 0) is 4.74 Å². The van der Waals surface area contributed by atoms with Crippen molar-refractivity contribution in [3.63, 3.8) is 0 Å². The molecule has 0 N–H and O–H groups in total. The van der Waals surface area contributed by atoms with Gasteiger partial charge in [-0.05, 0) is 17.5 Å². The van der Waals surface area contributed by atoms with Crippen molar-refractivity contribution in [3.05, 3.63) is 65.9 Å². The van der Waals surface area contributed by atoms with E-state index in [0.29, 0.717) is 17.7 Å². The molecule has 4 rings (SSSR count). The van der Waals surface area contributed by atoms with Crippen molar-refractivity contribution >= 4 is 38.9 Å². The average Bonchev–Trinajstić information content (AvgIpc) is 3.08. The number of pyridine rings is 1. The van der Waals surface area contributed by atoms with E-state index in [1.165, 1.54) is 7.11 Å². The fraction of sp³-hybridized carbons (Fsp3) is 0.143.